The Morgan fingerprint density at radius 2 is 1.90 bits per heavy atom. The topological polar surface area (TPSA) is 120 Å². The fourth-order valence-electron chi connectivity index (χ4n) is 5.59. The van der Waals surface area contributed by atoms with Gasteiger partial charge in [-0.2, -0.15) is 0 Å². The van der Waals surface area contributed by atoms with Gasteiger partial charge in [0.1, 0.15) is 30.1 Å². The van der Waals surface area contributed by atoms with E-state index in [1.165, 1.54) is 18.3 Å². The number of ether oxygens (including phenoxy) is 3. The fraction of sp³-hybridized carbons (Fsp3) is 0.586. The van der Waals surface area contributed by atoms with Crippen LogP contribution >= 0.6 is 0 Å². The molecule has 0 spiro atoms. The molecule has 2 fully saturated rings. The molecule has 1 saturated carbocycles. The monoisotopic (exact) mass is 541 g/mol. The first-order chi connectivity index (χ1) is 18.5. The second-order valence-electron chi connectivity index (χ2n) is 11.5. The zero-order chi connectivity index (χ0) is 28.4. The van der Waals surface area contributed by atoms with Gasteiger partial charge in [-0.25, -0.2) is 14.6 Å². The number of likely N-dealkylation sites (tertiary alicyclic amines) is 1. The van der Waals surface area contributed by atoms with Gasteiger partial charge in [0.05, 0.1) is 19.9 Å². The summed E-state index contributed by atoms with van der Waals surface area (Å²) in [6.07, 6.45) is 6.22. The van der Waals surface area contributed by atoms with Gasteiger partial charge in [-0.3, -0.25) is 4.79 Å². The summed E-state index contributed by atoms with van der Waals surface area (Å²) in [6.45, 7) is 7.64. The highest BCUT2D eigenvalue weighted by molar-refractivity contribution is 5.91. The summed E-state index contributed by atoms with van der Waals surface area (Å²) in [6, 6.07) is 3.93. The molecule has 2 aliphatic rings. The SMILES string of the molecule is COC(=O)[C@@H]1C[C@@](OC)(c2ccc(-c3ncco3)c(C)c2)CN1C(=O)[C@@H](NC(=O)OC1CCCC1)C(C)(C)C. The van der Waals surface area contributed by atoms with Crippen LogP contribution in [-0.4, -0.2) is 66.8 Å². The molecule has 212 valence electrons. The summed E-state index contributed by atoms with van der Waals surface area (Å²) in [7, 11) is 2.86. The largest absolute Gasteiger partial charge is 0.467 e. The molecule has 1 saturated heterocycles. The molecule has 1 N–H and O–H groups in total. The van der Waals surface area contributed by atoms with Crippen molar-refractivity contribution in [1.82, 2.24) is 15.2 Å². The Balaban J connectivity index is 1.63. The maximum atomic E-state index is 14.1. The number of nitrogens with zero attached hydrogens (tertiary/aromatic N) is 2. The van der Waals surface area contributed by atoms with Crippen molar-refractivity contribution in [2.75, 3.05) is 20.8 Å². The minimum Gasteiger partial charge on any atom is -0.467 e. The van der Waals surface area contributed by atoms with E-state index in [1.54, 1.807) is 13.3 Å². The van der Waals surface area contributed by atoms with E-state index < -0.39 is 41.1 Å². The van der Waals surface area contributed by atoms with Crippen molar-refractivity contribution in [2.45, 2.75) is 83.6 Å². The van der Waals surface area contributed by atoms with Gasteiger partial charge in [0, 0.05) is 19.1 Å². The summed E-state index contributed by atoms with van der Waals surface area (Å²) in [4.78, 5) is 45.5. The molecule has 2 aromatic rings. The molecule has 0 bridgehead atoms. The first-order valence-corrected chi connectivity index (χ1v) is 13.4. The van der Waals surface area contributed by atoms with E-state index in [9.17, 15) is 14.4 Å². The number of esters is 1. The Bertz CT molecular complexity index is 1180. The second kappa shape index (κ2) is 11.4. The standard InChI is InChI=1S/C29H39N3O7/c1-18-15-19(11-12-21(18)24-30-13-14-38-24)29(37-6)16-22(26(34)36-5)32(17-29)25(33)23(28(2,3)4)31-27(35)39-20-9-7-8-10-20/h11-15,20,22-23H,7-10,16-17H2,1-6H3,(H,31,35)/t22-,23+,29-/m0/s1. The van der Waals surface area contributed by atoms with Crippen molar-refractivity contribution < 1.29 is 33.0 Å². The first kappa shape index (κ1) is 28.6. The highest BCUT2D eigenvalue weighted by Crippen LogP contribution is 2.41. The molecule has 39 heavy (non-hydrogen) atoms. The van der Waals surface area contributed by atoms with Gasteiger partial charge in [-0.1, -0.05) is 32.9 Å². The minimum absolute atomic E-state index is 0.103. The zero-order valence-corrected chi connectivity index (χ0v) is 23.6. The van der Waals surface area contributed by atoms with Crippen LogP contribution in [0.2, 0.25) is 0 Å². The molecule has 4 rings (SSSR count). The number of benzene rings is 1. The molecule has 10 nitrogen and oxygen atoms in total. The maximum absolute atomic E-state index is 14.1. The lowest BCUT2D eigenvalue weighted by atomic mass is 9.85. The summed E-state index contributed by atoms with van der Waals surface area (Å²) in [5.41, 5.74) is 0.932. The van der Waals surface area contributed by atoms with Crippen molar-refractivity contribution >= 4 is 18.0 Å². The lowest BCUT2D eigenvalue weighted by Gasteiger charge is -2.35. The average molecular weight is 542 g/mol. The number of amides is 2. The van der Waals surface area contributed by atoms with Crippen LogP contribution in [0.5, 0.6) is 0 Å². The third kappa shape index (κ3) is 5.95. The third-order valence-corrected chi connectivity index (χ3v) is 7.84. The van der Waals surface area contributed by atoms with Crippen LogP contribution < -0.4 is 5.32 Å². The average Bonchev–Trinajstić information content (AvgIpc) is 3.67. The normalized spacial score (nSPS) is 22.5. The number of oxazole rings is 1. The Morgan fingerprint density at radius 1 is 1.18 bits per heavy atom. The van der Waals surface area contributed by atoms with E-state index in [-0.39, 0.29) is 19.1 Å². The third-order valence-electron chi connectivity index (χ3n) is 7.84. The molecule has 0 unspecified atom stereocenters. The molecule has 10 heteroatoms. The van der Waals surface area contributed by atoms with Crippen molar-refractivity contribution in [3.8, 4) is 11.5 Å². The van der Waals surface area contributed by atoms with Crippen molar-refractivity contribution in [1.29, 1.82) is 0 Å². The van der Waals surface area contributed by atoms with E-state index in [4.69, 9.17) is 18.6 Å². The Morgan fingerprint density at radius 3 is 2.46 bits per heavy atom. The number of rotatable bonds is 7. The summed E-state index contributed by atoms with van der Waals surface area (Å²) >= 11 is 0. The number of aromatic nitrogens is 1. The molecule has 0 radical (unpaired) electrons. The van der Waals surface area contributed by atoms with E-state index in [1.807, 2.05) is 45.9 Å². The van der Waals surface area contributed by atoms with Gasteiger partial charge < -0.3 is 28.8 Å². The highest BCUT2D eigenvalue weighted by Gasteiger charge is 2.53. The molecule has 1 aliphatic heterocycles. The lowest BCUT2D eigenvalue weighted by Crippen LogP contribution is -2.57. The number of carbonyl (C=O) groups is 3. The Hall–Kier alpha value is -3.40. The molecule has 1 aromatic carbocycles. The first-order valence-electron chi connectivity index (χ1n) is 13.4. The number of hydrogen-bond donors (Lipinski definition) is 1. The molecular weight excluding hydrogens is 502 g/mol. The lowest BCUT2D eigenvalue weighted by molar-refractivity contribution is -0.152. The van der Waals surface area contributed by atoms with Crippen molar-refractivity contribution in [3.05, 3.63) is 41.8 Å². The number of methoxy groups -OCH3 is 2. The fourth-order valence-corrected chi connectivity index (χ4v) is 5.59. The van der Waals surface area contributed by atoms with Gasteiger partial charge in [-0.05, 0) is 55.2 Å². The predicted octanol–water partition coefficient (Wildman–Crippen LogP) is 4.35. The second-order valence-corrected chi connectivity index (χ2v) is 11.5. The number of carbonyl (C=O) groups excluding carboxylic acids is 3. The smallest absolute Gasteiger partial charge is 0.408 e. The van der Waals surface area contributed by atoms with Gasteiger partial charge in [0.25, 0.3) is 0 Å². The molecule has 3 atom stereocenters. The molecule has 2 heterocycles. The van der Waals surface area contributed by atoms with Crippen LogP contribution in [0.3, 0.4) is 0 Å². The quantitative estimate of drug-likeness (QED) is 0.514. The van der Waals surface area contributed by atoms with Crippen LogP contribution in [0.4, 0.5) is 4.79 Å². The van der Waals surface area contributed by atoms with Crippen LogP contribution in [0.25, 0.3) is 11.5 Å². The Kier molecular flexibility index (Phi) is 8.34. The number of alkyl carbamates (subject to hydrolysis) is 1. The van der Waals surface area contributed by atoms with Crippen molar-refractivity contribution in [2.24, 2.45) is 5.41 Å². The highest BCUT2D eigenvalue weighted by atomic mass is 16.6. The number of hydrogen-bond acceptors (Lipinski definition) is 8. The van der Waals surface area contributed by atoms with E-state index in [2.05, 4.69) is 10.3 Å². The van der Waals surface area contributed by atoms with Crippen LogP contribution in [-0.2, 0) is 29.4 Å². The summed E-state index contributed by atoms with van der Waals surface area (Å²) in [5.74, 6) is -0.435. The minimum atomic E-state index is -0.971. The van der Waals surface area contributed by atoms with Gasteiger partial charge >= 0.3 is 12.1 Å². The van der Waals surface area contributed by atoms with Crippen LogP contribution in [0.15, 0.2) is 35.1 Å². The molecule has 1 aliphatic carbocycles. The van der Waals surface area contributed by atoms with E-state index in [0.29, 0.717) is 5.89 Å². The number of aryl methyl sites for hydroxylation is 1. The van der Waals surface area contributed by atoms with E-state index >= 15 is 0 Å². The molecular formula is C29H39N3O7. The zero-order valence-electron chi connectivity index (χ0n) is 23.6. The Labute approximate surface area is 229 Å². The number of nitrogens with one attached hydrogen (secondary N) is 1. The summed E-state index contributed by atoms with van der Waals surface area (Å²) < 4.78 is 22.2. The van der Waals surface area contributed by atoms with Gasteiger partial charge in [0.2, 0.25) is 11.8 Å². The van der Waals surface area contributed by atoms with E-state index in [0.717, 1.165) is 42.4 Å². The van der Waals surface area contributed by atoms with Crippen LogP contribution in [0, 0.1) is 12.3 Å². The summed E-state index contributed by atoms with van der Waals surface area (Å²) in [5, 5.41) is 2.79. The van der Waals surface area contributed by atoms with Gasteiger partial charge in [-0.15, -0.1) is 0 Å². The molecule has 2 amide bonds. The maximum Gasteiger partial charge on any atom is 0.408 e. The van der Waals surface area contributed by atoms with Gasteiger partial charge in [0.15, 0.2) is 0 Å². The van der Waals surface area contributed by atoms with Crippen molar-refractivity contribution in [3.63, 3.8) is 0 Å². The predicted molar refractivity (Wildman–Crippen MR) is 143 cm³/mol. The molecule has 1 aromatic heterocycles. The van der Waals surface area contributed by atoms with Crippen LogP contribution in [0.1, 0.15) is 64.0 Å².